The fourth-order valence-electron chi connectivity index (χ4n) is 2.88. The monoisotopic (exact) mass is 390 g/mol. The van der Waals surface area contributed by atoms with Crippen LogP contribution in [0.1, 0.15) is 5.56 Å². The Kier molecular flexibility index (Phi) is 5.32. The maximum atomic E-state index is 13.1. The van der Waals surface area contributed by atoms with E-state index in [1.807, 2.05) is 0 Å². The lowest BCUT2D eigenvalue weighted by Gasteiger charge is -2.20. The van der Waals surface area contributed by atoms with Crippen LogP contribution in [0.2, 0.25) is 10.0 Å². The van der Waals surface area contributed by atoms with Crippen molar-refractivity contribution < 1.29 is 14.7 Å². The molecule has 134 valence electrons. The van der Waals surface area contributed by atoms with Gasteiger partial charge in [-0.3, -0.25) is 9.59 Å². The first-order valence-electron chi connectivity index (χ1n) is 7.91. The van der Waals surface area contributed by atoms with Crippen molar-refractivity contribution in [3.05, 3.63) is 69.8 Å². The molecule has 0 saturated carbocycles. The van der Waals surface area contributed by atoms with Gasteiger partial charge in [-0.25, -0.2) is 4.90 Å². The minimum absolute atomic E-state index is 0.158. The molecule has 1 N–H and O–H groups in total. The molecule has 2 amide bonds. The number of anilines is 1. The zero-order chi connectivity index (χ0) is 18.8. The highest BCUT2D eigenvalue weighted by Crippen LogP contribution is 2.37. The Balaban J connectivity index is 2.17. The standard InChI is InChI=1S/C19H16Cl2N2O3/c1-22(9-10-24)17-16(14-8-7-12(20)11-15(14)21)18(25)23(19(17)26)13-5-3-2-4-6-13/h2-8,11,24H,9-10H2,1H3. The molecule has 0 bridgehead atoms. The molecule has 1 heterocycles. The van der Waals surface area contributed by atoms with Crippen LogP contribution in [0.5, 0.6) is 0 Å². The number of para-hydroxylation sites is 1. The Hall–Kier alpha value is -2.34. The van der Waals surface area contributed by atoms with E-state index in [1.165, 1.54) is 6.07 Å². The first-order valence-corrected chi connectivity index (χ1v) is 8.66. The van der Waals surface area contributed by atoms with Gasteiger partial charge in [-0.15, -0.1) is 0 Å². The number of imide groups is 1. The molecule has 2 aromatic carbocycles. The van der Waals surface area contributed by atoms with Crippen molar-refractivity contribution in [3.63, 3.8) is 0 Å². The highest BCUT2D eigenvalue weighted by molar-refractivity contribution is 6.47. The predicted molar refractivity (Wildman–Crippen MR) is 102 cm³/mol. The zero-order valence-corrected chi connectivity index (χ0v) is 15.5. The van der Waals surface area contributed by atoms with E-state index in [1.54, 1.807) is 54.4 Å². The number of hydrogen-bond donors (Lipinski definition) is 1. The molecule has 1 aliphatic heterocycles. The van der Waals surface area contributed by atoms with Crippen molar-refractivity contribution in [2.75, 3.05) is 25.1 Å². The minimum atomic E-state index is -0.467. The van der Waals surface area contributed by atoms with Gasteiger partial charge in [-0.05, 0) is 24.3 Å². The number of rotatable bonds is 5. The maximum Gasteiger partial charge on any atom is 0.282 e. The third-order valence-electron chi connectivity index (χ3n) is 4.09. The summed E-state index contributed by atoms with van der Waals surface area (Å²) in [6.07, 6.45) is 0. The summed E-state index contributed by atoms with van der Waals surface area (Å²) in [7, 11) is 1.65. The smallest absolute Gasteiger partial charge is 0.282 e. The second-order valence-corrected chi connectivity index (χ2v) is 6.62. The van der Waals surface area contributed by atoms with E-state index in [4.69, 9.17) is 23.2 Å². The Morgan fingerprint density at radius 2 is 1.73 bits per heavy atom. The third kappa shape index (κ3) is 3.21. The number of carbonyl (C=O) groups excluding carboxylic acids is 2. The second kappa shape index (κ2) is 7.50. The van der Waals surface area contributed by atoms with Gasteiger partial charge < -0.3 is 10.0 Å². The SMILES string of the molecule is CN(CCO)C1=C(c2ccc(Cl)cc2Cl)C(=O)N(c2ccccc2)C1=O. The molecule has 0 fully saturated rings. The number of nitrogens with zero attached hydrogens (tertiary/aromatic N) is 2. The average Bonchev–Trinajstić information content (AvgIpc) is 2.86. The van der Waals surface area contributed by atoms with Crippen LogP contribution in [-0.4, -0.2) is 42.0 Å². The summed E-state index contributed by atoms with van der Waals surface area (Å²) >= 11 is 12.3. The molecule has 3 rings (SSSR count). The summed E-state index contributed by atoms with van der Waals surface area (Å²) in [5.74, 6) is -0.927. The van der Waals surface area contributed by atoms with Gasteiger partial charge >= 0.3 is 0 Å². The molecule has 0 aliphatic carbocycles. The Bertz CT molecular complexity index is 897. The van der Waals surface area contributed by atoms with Crippen LogP contribution >= 0.6 is 23.2 Å². The molecule has 26 heavy (non-hydrogen) atoms. The van der Waals surface area contributed by atoms with E-state index in [0.717, 1.165) is 4.90 Å². The largest absolute Gasteiger partial charge is 0.395 e. The summed E-state index contributed by atoms with van der Waals surface area (Å²) in [6.45, 7) is 0.0418. The second-order valence-electron chi connectivity index (χ2n) is 5.77. The lowest BCUT2D eigenvalue weighted by atomic mass is 10.0. The molecule has 0 atom stereocenters. The quantitative estimate of drug-likeness (QED) is 0.796. The van der Waals surface area contributed by atoms with Crippen LogP contribution in [0.4, 0.5) is 5.69 Å². The highest BCUT2D eigenvalue weighted by Gasteiger charge is 2.42. The number of likely N-dealkylation sites (N-methyl/N-ethyl adjacent to an activating group) is 1. The summed E-state index contributed by atoms with van der Waals surface area (Å²) in [5.41, 5.74) is 1.28. The van der Waals surface area contributed by atoms with E-state index >= 15 is 0 Å². The first kappa shape index (κ1) is 18.5. The number of hydrogen-bond acceptors (Lipinski definition) is 4. The lowest BCUT2D eigenvalue weighted by Crippen LogP contribution is -2.34. The van der Waals surface area contributed by atoms with Gasteiger partial charge in [0.05, 0.1) is 22.9 Å². The summed E-state index contributed by atoms with van der Waals surface area (Å²) < 4.78 is 0. The van der Waals surface area contributed by atoms with E-state index < -0.39 is 11.8 Å². The van der Waals surface area contributed by atoms with Crippen molar-refractivity contribution >= 4 is 46.3 Å². The van der Waals surface area contributed by atoms with Crippen LogP contribution in [0, 0.1) is 0 Å². The first-order chi connectivity index (χ1) is 12.5. The summed E-state index contributed by atoms with van der Waals surface area (Å²) in [5, 5.41) is 9.97. The van der Waals surface area contributed by atoms with Gasteiger partial charge in [0.1, 0.15) is 5.70 Å². The van der Waals surface area contributed by atoms with Crippen molar-refractivity contribution in [3.8, 4) is 0 Å². The number of halogens is 2. The third-order valence-corrected chi connectivity index (χ3v) is 4.64. The topological polar surface area (TPSA) is 60.9 Å². The molecular formula is C19H16Cl2N2O3. The average molecular weight is 391 g/mol. The fraction of sp³-hybridized carbons (Fsp3) is 0.158. The van der Waals surface area contributed by atoms with Gasteiger partial charge in [0.2, 0.25) is 0 Å². The van der Waals surface area contributed by atoms with E-state index in [2.05, 4.69) is 0 Å². The van der Waals surface area contributed by atoms with Crippen molar-refractivity contribution in [1.29, 1.82) is 0 Å². The molecule has 0 spiro atoms. The Morgan fingerprint density at radius 1 is 1.04 bits per heavy atom. The predicted octanol–water partition coefficient (Wildman–Crippen LogP) is 3.20. The number of aliphatic hydroxyl groups excluding tert-OH is 1. The van der Waals surface area contributed by atoms with Crippen LogP contribution in [0.15, 0.2) is 54.2 Å². The number of carbonyl (C=O) groups is 2. The Morgan fingerprint density at radius 3 is 2.35 bits per heavy atom. The highest BCUT2D eigenvalue weighted by atomic mass is 35.5. The van der Waals surface area contributed by atoms with Crippen LogP contribution in [-0.2, 0) is 9.59 Å². The van der Waals surface area contributed by atoms with Crippen LogP contribution in [0.25, 0.3) is 5.57 Å². The van der Waals surface area contributed by atoms with Gasteiger partial charge in [0.25, 0.3) is 11.8 Å². The number of benzene rings is 2. The lowest BCUT2D eigenvalue weighted by molar-refractivity contribution is -0.120. The molecule has 7 heteroatoms. The van der Waals surface area contributed by atoms with Crippen LogP contribution in [0.3, 0.4) is 0 Å². The van der Waals surface area contributed by atoms with E-state index in [-0.39, 0.29) is 29.4 Å². The fourth-order valence-corrected chi connectivity index (χ4v) is 3.38. The molecule has 5 nitrogen and oxygen atoms in total. The number of aliphatic hydroxyl groups is 1. The molecule has 0 aromatic heterocycles. The van der Waals surface area contributed by atoms with Gasteiger partial charge in [0.15, 0.2) is 0 Å². The molecule has 0 unspecified atom stereocenters. The molecule has 2 aromatic rings. The molecule has 1 aliphatic rings. The molecule has 0 radical (unpaired) electrons. The molecule has 0 saturated heterocycles. The molecular weight excluding hydrogens is 375 g/mol. The van der Waals surface area contributed by atoms with Crippen LogP contribution < -0.4 is 4.90 Å². The van der Waals surface area contributed by atoms with Gasteiger partial charge in [-0.2, -0.15) is 0 Å². The van der Waals surface area contributed by atoms with Crippen molar-refractivity contribution in [1.82, 2.24) is 4.90 Å². The van der Waals surface area contributed by atoms with Crippen molar-refractivity contribution in [2.45, 2.75) is 0 Å². The summed E-state index contributed by atoms with van der Waals surface area (Å²) in [4.78, 5) is 28.9. The number of amides is 2. The van der Waals surface area contributed by atoms with E-state index in [0.29, 0.717) is 16.3 Å². The Labute approximate surface area is 161 Å². The minimum Gasteiger partial charge on any atom is -0.395 e. The van der Waals surface area contributed by atoms with E-state index in [9.17, 15) is 14.7 Å². The summed E-state index contributed by atoms with van der Waals surface area (Å²) in [6, 6.07) is 13.4. The van der Waals surface area contributed by atoms with Gasteiger partial charge in [-0.1, -0.05) is 47.5 Å². The zero-order valence-electron chi connectivity index (χ0n) is 13.9. The normalized spacial score (nSPS) is 14.4. The maximum absolute atomic E-state index is 13.1. The van der Waals surface area contributed by atoms with Gasteiger partial charge in [0, 0.05) is 24.2 Å². The van der Waals surface area contributed by atoms with Crippen molar-refractivity contribution in [2.24, 2.45) is 0 Å².